The minimum absolute atomic E-state index is 0.325. The molecule has 0 saturated heterocycles. The molecule has 0 spiro atoms. The van der Waals surface area contributed by atoms with Crippen LogP contribution in [0.25, 0.3) is 20.2 Å². The summed E-state index contributed by atoms with van der Waals surface area (Å²) in [5.41, 5.74) is 0. The fourth-order valence-electron chi connectivity index (χ4n) is 1.79. The predicted octanol–water partition coefficient (Wildman–Crippen LogP) is 4.94. The van der Waals surface area contributed by atoms with Gasteiger partial charge in [0.2, 0.25) is 0 Å². The van der Waals surface area contributed by atoms with Gasteiger partial charge in [0.15, 0.2) is 0 Å². The van der Waals surface area contributed by atoms with Crippen LogP contribution in [0.3, 0.4) is 0 Å². The molecular formula is C12H5F2IS. The molecule has 0 radical (unpaired) electrons. The Hall–Kier alpha value is -0.750. The summed E-state index contributed by atoms with van der Waals surface area (Å²) >= 11 is 3.11. The van der Waals surface area contributed by atoms with Gasteiger partial charge in [-0.15, -0.1) is 11.3 Å². The fourth-order valence-corrected chi connectivity index (χ4v) is 3.44. The molecule has 0 fully saturated rings. The summed E-state index contributed by atoms with van der Waals surface area (Å²) in [6.07, 6.45) is 0. The van der Waals surface area contributed by atoms with Crippen molar-refractivity contribution in [1.29, 1.82) is 0 Å². The summed E-state index contributed by atoms with van der Waals surface area (Å²) in [5.74, 6) is -0.670. The maximum absolute atomic E-state index is 14.0. The van der Waals surface area contributed by atoms with E-state index in [-0.39, 0.29) is 11.6 Å². The molecule has 0 aliphatic rings. The monoisotopic (exact) mass is 346 g/mol. The second-order valence-electron chi connectivity index (χ2n) is 3.46. The van der Waals surface area contributed by atoms with Crippen LogP contribution in [0.2, 0.25) is 0 Å². The Balaban J connectivity index is 2.66. The average molecular weight is 346 g/mol. The third kappa shape index (κ3) is 1.36. The van der Waals surface area contributed by atoms with E-state index in [2.05, 4.69) is 0 Å². The van der Waals surface area contributed by atoms with Gasteiger partial charge in [-0.05, 0) is 34.7 Å². The number of hydrogen-bond donors (Lipinski definition) is 0. The van der Waals surface area contributed by atoms with Crippen LogP contribution in [0.15, 0.2) is 30.3 Å². The maximum atomic E-state index is 14.0. The molecule has 2 aromatic carbocycles. The Labute approximate surface area is 108 Å². The summed E-state index contributed by atoms with van der Waals surface area (Å²) in [6, 6.07) is 8.66. The van der Waals surface area contributed by atoms with E-state index in [1.165, 1.54) is 17.4 Å². The molecular weight excluding hydrogens is 341 g/mol. The predicted molar refractivity (Wildman–Crippen MR) is 72.0 cm³/mol. The van der Waals surface area contributed by atoms with Gasteiger partial charge in [-0.2, -0.15) is 0 Å². The Morgan fingerprint density at radius 1 is 1.12 bits per heavy atom. The van der Waals surface area contributed by atoms with Gasteiger partial charge in [-0.3, -0.25) is 0 Å². The van der Waals surface area contributed by atoms with E-state index < -0.39 is 0 Å². The highest BCUT2D eigenvalue weighted by molar-refractivity contribution is 14.1. The molecule has 0 N–H and O–H groups in total. The van der Waals surface area contributed by atoms with E-state index in [1.807, 2.05) is 46.9 Å². The van der Waals surface area contributed by atoms with Crippen LogP contribution in [-0.4, -0.2) is 0 Å². The van der Waals surface area contributed by atoms with Crippen molar-refractivity contribution >= 4 is 54.1 Å². The number of rotatable bonds is 0. The largest absolute Gasteiger partial charge is 0.205 e. The summed E-state index contributed by atoms with van der Waals surface area (Å²) in [6.45, 7) is 0. The SMILES string of the molecule is Fc1cc(I)c(F)c2c1sc1ccccc12. The zero-order valence-corrected chi connectivity index (χ0v) is 10.9. The molecule has 0 atom stereocenters. The van der Waals surface area contributed by atoms with Gasteiger partial charge in [0.1, 0.15) is 11.6 Å². The van der Waals surface area contributed by atoms with Gasteiger partial charge in [0.05, 0.1) is 8.27 Å². The van der Waals surface area contributed by atoms with Crippen LogP contribution < -0.4 is 0 Å². The highest BCUT2D eigenvalue weighted by Gasteiger charge is 2.15. The lowest BCUT2D eigenvalue weighted by molar-refractivity contribution is 0.613. The first-order valence-electron chi connectivity index (χ1n) is 4.63. The standard InChI is InChI=1S/C12H5F2IS/c13-7-5-8(15)11(14)10-6-3-1-2-4-9(6)16-12(7)10/h1-5H. The van der Waals surface area contributed by atoms with Gasteiger partial charge >= 0.3 is 0 Å². The van der Waals surface area contributed by atoms with Gasteiger partial charge < -0.3 is 0 Å². The molecule has 0 amide bonds. The number of thiophene rings is 1. The topological polar surface area (TPSA) is 0 Å². The molecule has 4 heteroatoms. The molecule has 0 aliphatic carbocycles. The normalized spacial score (nSPS) is 11.4. The van der Waals surface area contributed by atoms with Gasteiger partial charge in [0.25, 0.3) is 0 Å². The average Bonchev–Trinajstić information content (AvgIpc) is 2.66. The maximum Gasteiger partial charge on any atom is 0.146 e. The molecule has 3 aromatic rings. The van der Waals surface area contributed by atoms with Crippen LogP contribution in [-0.2, 0) is 0 Å². The lowest BCUT2D eigenvalue weighted by atomic mass is 10.1. The molecule has 0 saturated carbocycles. The minimum atomic E-state index is -0.345. The Morgan fingerprint density at radius 3 is 2.69 bits per heavy atom. The molecule has 0 bridgehead atoms. The van der Waals surface area contributed by atoms with E-state index in [0.717, 1.165) is 10.1 Å². The number of hydrogen-bond acceptors (Lipinski definition) is 1. The summed E-state index contributed by atoms with van der Waals surface area (Å²) in [4.78, 5) is 0. The molecule has 0 aliphatic heterocycles. The second-order valence-corrected chi connectivity index (χ2v) is 5.67. The molecule has 0 unspecified atom stereocenters. The number of benzene rings is 2. The first-order chi connectivity index (χ1) is 7.68. The van der Waals surface area contributed by atoms with E-state index in [4.69, 9.17) is 0 Å². The summed E-state index contributed by atoms with van der Waals surface area (Å²) in [7, 11) is 0. The molecule has 3 rings (SSSR count). The Morgan fingerprint density at radius 2 is 1.88 bits per heavy atom. The van der Waals surface area contributed by atoms with Crippen molar-refractivity contribution in [2.45, 2.75) is 0 Å². The van der Waals surface area contributed by atoms with E-state index in [0.29, 0.717) is 13.7 Å². The highest BCUT2D eigenvalue weighted by Crippen LogP contribution is 2.38. The molecule has 80 valence electrons. The zero-order valence-electron chi connectivity index (χ0n) is 7.93. The van der Waals surface area contributed by atoms with E-state index >= 15 is 0 Å². The van der Waals surface area contributed by atoms with Crippen molar-refractivity contribution in [1.82, 2.24) is 0 Å². The fraction of sp³-hybridized carbons (Fsp3) is 0. The van der Waals surface area contributed by atoms with Crippen molar-refractivity contribution < 1.29 is 8.78 Å². The minimum Gasteiger partial charge on any atom is -0.205 e. The van der Waals surface area contributed by atoms with E-state index in [1.54, 1.807) is 0 Å². The second kappa shape index (κ2) is 3.63. The molecule has 1 aromatic heterocycles. The third-order valence-corrected chi connectivity index (χ3v) is 4.46. The van der Waals surface area contributed by atoms with Crippen molar-refractivity contribution in [3.8, 4) is 0 Å². The highest BCUT2D eigenvalue weighted by atomic mass is 127. The van der Waals surface area contributed by atoms with Crippen LogP contribution in [0.5, 0.6) is 0 Å². The summed E-state index contributed by atoms with van der Waals surface area (Å²) in [5, 5.41) is 1.20. The first kappa shape index (κ1) is 10.4. The van der Waals surface area contributed by atoms with Gasteiger partial charge in [-0.25, -0.2) is 8.78 Å². The van der Waals surface area contributed by atoms with Crippen LogP contribution in [0.4, 0.5) is 8.78 Å². The number of fused-ring (bicyclic) bond motifs is 3. The smallest absolute Gasteiger partial charge is 0.146 e. The summed E-state index contributed by atoms with van der Waals surface area (Å²) < 4.78 is 29.3. The van der Waals surface area contributed by atoms with Crippen LogP contribution in [0.1, 0.15) is 0 Å². The van der Waals surface area contributed by atoms with E-state index in [9.17, 15) is 8.78 Å². The van der Waals surface area contributed by atoms with Crippen molar-refractivity contribution in [2.75, 3.05) is 0 Å². The molecule has 16 heavy (non-hydrogen) atoms. The zero-order chi connectivity index (χ0) is 11.3. The first-order valence-corrected chi connectivity index (χ1v) is 6.53. The third-order valence-electron chi connectivity index (χ3n) is 2.50. The lowest BCUT2D eigenvalue weighted by Crippen LogP contribution is -1.85. The molecule has 1 heterocycles. The van der Waals surface area contributed by atoms with Crippen molar-refractivity contribution in [3.63, 3.8) is 0 Å². The lowest BCUT2D eigenvalue weighted by Gasteiger charge is -1.98. The van der Waals surface area contributed by atoms with Gasteiger partial charge in [-0.1, -0.05) is 18.2 Å². The van der Waals surface area contributed by atoms with Crippen molar-refractivity contribution in [2.24, 2.45) is 0 Å². The quantitative estimate of drug-likeness (QED) is 0.400. The van der Waals surface area contributed by atoms with Gasteiger partial charge in [0, 0.05) is 15.5 Å². The van der Waals surface area contributed by atoms with Crippen molar-refractivity contribution in [3.05, 3.63) is 45.5 Å². The Kier molecular flexibility index (Phi) is 2.36. The van der Waals surface area contributed by atoms with Crippen LogP contribution >= 0.6 is 33.9 Å². The number of halogens is 3. The Bertz CT molecular complexity index is 703. The van der Waals surface area contributed by atoms with Crippen LogP contribution in [0, 0.1) is 15.2 Å². The molecule has 0 nitrogen and oxygen atoms in total.